The highest BCUT2D eigenvalue weighted by Crippen LogP contribution is 2.15. The molecule has 0 aliphatic heterocycles. The lowest BCUT2D eigenvalue weighted by atomic mass is 10.1. The molecule has 0 unspecified atom stereocenters. The minimum atomic E-state index is -5.08. The lowest BCUT2D eigenvalue weighted by Gasteiger charge is -2.06. The highest BCUT2D eigenvalue weighted by molar-refractivity contribution is 5.94. The highest BCUT2D eigenvalue weighted by atomic mass is 19.4. The number of H-pyrrole nitrogens is 1. The fraction of sp³-hybridized carbons (Fsp3) is 0.150. The van der Waals surface area contributed by atoms with Crippen molar-refractivity contribution in [1.29, 1.82) is 0 Å². The second kappa shape index (κ2) is 10.3. The van der Waals surface area contributed by atoms with Crippen LogP contribution in [0.3, 0.4) is 0 Å². The van der Waals surface area contributed by atoms with E-state index in [0.29, 0.717) is 24.5 Å². The molecule has 8 nitrogen and oxygen atoms in total. The molecule has 0 aliphatic carbocycles. The number of aromatic nitrogens is 1. The van der Waals surface area contributed by atoms with Crippen molar-refractivity contribution in [2.24, 2.45) is 5.73 Å². The van der Waals surface area contributed by atoms with Crippen LogP contribution in [-0.2, 0) is 17.9 Å². The Bertz CT molecular complexity index is 1070. The number of carbonyl (C=O) groups is 2. The van der Waals surface area contributed by atoms with E-state index in [4.69, 9.17) is 20.1 Å². The van der Waals surface area contributed by atoms with E-state index in [-0.39, 0.29) is 5.56 Å². The van der Waals surface area contributed by atoms with Gasteiger partial charge < -0.3 is 25.6 Å². The van der Waals surface area contributed by atoms with Gasteiger partial charge in [0, 0.05) is 13.1 Å². The largest absolute Gasteiger partial charge is 0.490 e. The van der Waals surface area contributed by atoms with E-state index < -0.39 is 23.6 Å². The molecule has 0 atom stereocenters. The first kappa shape index (κ1) is 23.4. The van der Waals surface area contributed by atoms with E-state index in [9.17, 15) is 22.8 Å². The Morgan fingerprint density at radius 1 is 1.06 bits per heavy atom. The van der Waals surface area contributed by atoms with Crippen molar-refractivity contribution in [3.63, 3.8) is 0 Å². The maximum atomic E-state index is 12.2. The number of aliphatic carboxylic acids is 1. The van der Waals surface area contributed by atoms with E-state index in [1.54, 1.807) is 18.2 Å². The molecule has 1 aromatic carbocycles. The number of carbonyl (C=O) groups excluding carboxylic acids is 1. The second-order valence-electron chi connectivity index (χ2n) is 6.10. The predicted molar refractivity (Wildman–Crippen MR) is 104 cm³/mol. The first-order chi connectivity index (χ1) is 14.6. The molecule has 0 radical (unpaired) electrons. The highest BCUT2D eigenvalue weighted by Gasteiger charge is 2.38. The number of rotatable bonds is 5. The monoisotopic (exact) mass is 437 g/mol. The molecule has 0 saturated heterocycles. The Kier molecular flexibility index (Phi) is 7.75. The van der Waals surface area contributed by atoms with Gasteiger partial charge in [-0.25, -0.2) is 4.79 Å². The molecule has 164 valence electrons. The molecule has 2 aromatic heterocycles. The Morgan fingerprint density at radius 2 is 1.68 bits per heavy atom. The molecule has 31 heavy (non-hydrogen) atoms. The van der Waals surface area contributed by atoms with Crippen LogP contribution in [0.25, 0.3) is 11.5 Å². The standard InChI is InChI=1S/C18H17N3O3.C2HF3O2/c19-10-12-3-5-13(6-4-12)11-20-17(22)14-7-8-15(21-18(14)23)16-2-1-9-24-16;3-2(4,5)1(6)7/h1-9H,10-11,19H2,(H,20,22)(H,21,23);(H,6,7). The second-order valence-corrected chi connectivity index (χ2v) is 6.10. The minimum absolute atomic E-state index is 0.0592. The van der Waals surface area contributed by atoms with Gasteiger partial charge in [0.15, 0.2) is 0 Å². The van der Waals surface area contributed by atoms with Crippen LogP contribution in [0.4, 0.5) is 13.2 Å². The normalized spacial score (nSPS) is 10.7. The maximum absolute atomic E-state index is 12.2. The summed E-state index contributed by atoms with van der Waals surface area (Å²) in [5.41, 5.74) is 7.63. The Morgan fingerprint density at radius 3 is 2.16 bits per heavy atom. The van der Waals surface area contributed by atoms with Crippen molar-refractivity contribution in [3.8, 4) is 11.5 Å². The average Bonchev–Trinajstić information content (AvgIpc) is 3.27. The molecular weight excluding hydrogens is 419 g/mol. The lowest BCUT2D eigenvalue weighted by Crippen LogP contribution is -2.29. The summed E-state index contributed by atoms with van der Waals surface area (Å²) >= 11 is 0. The van der Waals surface area contributed by atoms with E-state index >= 15 is 0 Å². The first-order valence-electron chi connectivity index (χ1n) is 8.75. The molecule has 5 N–H and O–H groups in total. The molecule has 2 heterocycles. The number of halogens is 3. The minimum Gasteiger partial charge on any atom is -0.475 e. The zero-order valence-corrected chi connectivity index (χ0v) is 15.9. The fourth-order valence-electron chi connectivity index (χ4n) is 2.30. The average molecular weight is 437 g/mol. The summed E-state index contributed by atoms with van der Waals surface area (Å²) in [6.07, 6.45) is -3.57. The molecule has 0 spiro atoms. The smallest absolute Gasteiger partial charge is 0.475 e. The molecular formula is C20H18F3N3O5. The predicted octanol–water partition coefficient (Wildman–Crippen LogP) is 2.66. The number of hydrogen-bond donors (Lipinski definition) is 4. The Hall–Kier alpha value is -3.86. The summed E-state index contributed by atoms with van der Waals surface area (Å²) in [6.45, 7) is 0.813. The van der Waals surface area contributed by atoms with Crippen LogP contribution < -0.4 is 16.6 Å². The number of alkyl halides is 3. The number of aromatic amines is 1. The summed E-state index contributed by atoms with van der Waals surface area (Å²) < 4.78 is 37.0. The Labute approximate surface area is 173 Å². The van der Waals surface area contributed by atoms with Gasteiger partial charge in [-0.2, -0.15) is 13.2 Å². The Balaban J connectivity index is 0.000000423. The number of furan rings is 1. The van der Waals surface area contributed by atoms with Gasteiger partial charge in [0.2, 0.25) is 0 Å². The summed E-state index contributed by atoms with van der Waals surface area (Å²) in [5, 5.41) is 9.86. The van der Waals surface area contributed by atoms with Crippen LogP contribution >= 0.6 is 0 Å². The fourth-order valence-corrected chi connectivity index (χ4v) is 2.30. The number of amides is 1. The molecule has 11 heteroatoms. The molecule has 1 amide bonds. The molecule has 3 aromatic rings. The van der Waals surface area contributed by atoms with Crippen molar-refractivity contribution >= 4 is 11.9 Å². The quantitative estimate of drug-likeness (QED) is 0.484. The summed E-state index contributed by atoms with van der Waals surface area (Å²) in [6, 6.07) is 14.2. The van der Waals surface area contributed by atoms with Crippen LogP contribution in [-0.4, -0.2) is 28.1 Å². The number of benzene rings is 1. The molecule has 0 aliphatic rings. The van der Waals surface area contributed by atoms with Crippen molar-refractivity contribution in [2.45, 2.75) is 19.3 Å². The number of nitrogens with one attached hydrogen (secondary N) is 2. The maximum Gasteiger partial charge on any atom is 0.490 e. The third kappa shape index (κ3) is 6.85. The summed E-state index contributed by atoms with van der Waals surface area (Å²) in [4.78, 5) is 35.8. The topological polar surface area (TPSA) is 138 Å². The molecule has 3 rings (SSSR count). The van der Waals surface area contributed by atoms with Crippen molar-refractivity contribution in [2.75, 3.05) is 0 Å². The zero-order valence-electron chi connectivity index (χ0n) is 15.9. The van der Waals surface area contributed by atoms with Crippen LogP contribution in [0, 0.1) is 0 Å². The SMILES string of the molecule is NCc1ccc(CNC(=O)c2ccc(-c3ccco3)[nH]c2=O)cc1.O=C(O)C(F)(F)F. The zero-order chi connectivity index (χ0) is 23.0. The number of nitrogens with two attached hydrogens (primary N) is 1. The van der Waals surface area contributed by atoms with E-state index in [2.05, 4.69) is 10.3 Å². The van der Waals surface area contributed by atoms with Crippen molar-refractivity contribution in [1.82, 2.24) is 10.3 Å². The molecule has 0 bridgehead atoms. The van der Waals surface area contributed by atoms with Gasteiger partial charge in [0.1, 0.15) is 11.3 Å². The number of hydrogen-bond acceptors (Lipinski definition) is 5. The van der Waals surface area contributed by atoms with Crippen LogP contribution in [0.15, 0.2) is 64.0 Å². The van der Waals surface area contributed by atoms with Crippen LogP contribution in [0.5, 0.6) is 0 Å². The van der Waals surface area contributed by atoms with E-state index in [1.807, 2.05) is 24.3 Å². The first-order valence-corrected chi connectivity index (χ1v) is 8.75. The lowest BCUT2D eigenvalue weighted by molar-refractivity contribution is -0.192. The van der Waals surface area contributed by atoms with Crippen molar-refractivity contribution in [3.05, 3.63) is 81.8 Å². The van der Waals surface area contributed by atoms with E-state index in [0.717, 1.165) is 11.1 Å². The number of carboxylic acids is 1. The van der Waals surface area contributed by atoms with Gasteiger partial charge in [-0.15, -0.1) is 0 Å². The van der Waals surface area contributed by atoms with Gasteiger partial charge in [-0.1, -0.05) is 24.3 Å². The van der Waals surface area contributed by atoms with Gasteiger partial charge in [-0.3, -0.25) is 9.59 Å². The van der Waals surface area contributed by atoms with Crippen LogP contribution in [0.2, 0.25) is 0 Å². The van der Waals surface area contributed by atoms with Gasteiger partial charge >= 0.3 is 12.1 Å². The number of carboxylic acid groups (broad SMARTS) is 1. The third-order valence-electron chi connectivity index (χ3n) is 3.89. The molecule has 0 fully saturated rings. The number of pyridine rings is 1. The van der Waals surface area contributed by atoms with E-state index in [1.165, 1.54) is 12.3 Å². The summed E-state index contributed by atoms with van der Waals surface area (Å²) in [7, 11) is 0. The van der Waals surface area contributed by atoms with Crippen molar-refractivity contribution < 1.29 is 32.3 Å². The van der Waals surface area contributed by atoms with Gasteiger partial charge in [0.05, 0.1) is 12.0 Å². The van der Waals surface area contributed by atoms with Crippen LogP contribution in [0.1, 0.15) is 21.5 Å². The van der Waals surface area contributed by atoms with Gasteiger partial charge in [-0.05, 0) is 35.4 Å². The summed E-state index contributed by atoms with van der Waals surface area (Å²) in [5.74, 6) is -2.64. The third-order valence-corrected chi connectivity index (χ3v) is 3.89. The molecule has 0 saturated carbocycles. The van der Waals surface area contributed by atoms with Gasteiger partial charge in [0.25, 0.3) is 11.5 Å².